The van der Waals surface area contributed by atoms with Gasteiger partial charge in [0.15, 0.2) is 0 Å². The first-order chi connectivity index (χ1) is 5.56. The summed E-state index contributed by atoms with van der Waals surface area (Å²) in [6, 6.07) is 0. The third-order valence-corrected chi connectivity index (χ3v) is 1.86. The van der Waals surface area contributed by atoms with Crippen LogP contribution in [0.3, 0.4) is 0 Å². The molecule has 0 bridgehead atoms. The van der Waals surface area contributed by atoms with Crippen LogP contribution in [0.15, 0.2) is 0 Å². The van der Waals surface area contributed by atoms with Crippen LogP contribution >= 0.6 is 0 Å². The number of nitrogens with zero attached hydrogens (tertiary/aromatic N) is 2. The van der Waals surface area contributed by atoms with Gasteiger partial charge in [-0.2, -0.15) is 0 Å². The van der Waals surface area contributed by atoms with Crippen molar-refractivity contribution in [2.24, 2.45) is 5.92 Å². The Kier molecular flexibility index (Phi) is 6.34. The van der Waals surface area contributed by atoms with Crippen LogP contribution in [0, 0.1) is 5.92 Å². The predicted octanol–water partition coefficient (Wildman–Crippen LogP) is 0.108. The summed E-state index contributed by atoms with van der Waals surface area (Å²) in [4.78, 5) is 4.42. The predicted molar refractivity (Wildman–Crippen MR) is 52.3 cm³/mol. The summed E-state index contributed by atoms with van der Waals surface area (Å²) in [5, 5.41) is 8.82. The zero-order valence-electron chi connectivity index (χ0n) is 8.75. The molecule has 0 aliphatic carbocycles. The van der Waals surface area contributed by atoms with E-state index in [4.69, 9.17) is 5.11 Å². The maximum atomic E-state index is 8.82. The van der Waals surface area contributed by atoms with Gasteiger partial charge in [0.2, 0.25) is 0 Å². The van der Waals surface area contributed by atoms with Crippen LogP contribution in [0.1, 0.15) is 6.92 Å². The molecule has 0 aromatic heterocycles. The van der Waals surface area contributed by atoms with Gasteiger partial charge in [-0.15, -0.1) is 0 Å². The van der Waals surface area contributed by atoms with E-state index in [0.717, 1.165) is 19.6 Å². The quantitative estimate of drug-likeness (QED) is 0.619. The maximum absolute atomic E-state index is 8.82. The molecular weight excluding hydrogens is 152 g/mol. The Balaban J connectivity index is 3.39. The van der Waals surface area contributed by atoms with E-state index < -0.39 is 0 Å². The summed E-state index contributed by atoms with van der Waals surface area (Å²) in [6.45, 7) is 5.47. The minimum Gasteiger partial charge on any atom is -0.396 e. The summed E-state index contributed by atoms with van der Waals surface area (Å²) in [7, 11) is 6.24. The van der Waals surface area contributed by atoms with Gasteiger partial charge >= 0.3 is 0 Å². The second-order valence-corrected chi connectivity index (χ2v) is 3.85. The highest BCUT2D eigenvalue weighted by atomic mass is 16.3. The molecule has 0 rings (SSSR count). The topological polar surface area (TPSA) is 26.7 Å². The normalized spacial score (nSPS) is 14.2. The SMILES string of the molecule is CC(CO)CN(C)CCN(C)C. The molecule has 0 aromatic carbocycles. The molecule has 0 aliphatic rings. The molecule has 0 amide bonds. The zero-order valence-corrected chi connectivity index (χ0v) is 8.75. The van der Waals surface area contributed by atoms with E-state index in [-0.39, 0.29) is 6.61 Å². The summed E-state index contributed by atoms with van der Waals surface area (Å²) < 4.78 is 0. The Hall–Kier alpha value is -0.120. The van der Waals surface area contributed by atoms with Gasteiger partial charge in [-0.25, -0.2) is 0 Å². The Labute approximate surface area is 76.0 Å². The molecule has 74 valence electrons. The molecule has 0 saturated heterocycles. The average Bonchev–Trinajstić information content (AvgIpc) is 2.00. The number of aliphatic hydroxyl groups is 1. The summed E-state index contributed by atoms with van der Waals surface area (Å²) >= 11 is 0. The minimum absolute atomic E-state index is 0.284. The van der Waals surface area contributed by atoms with Gasteiger partial charge < -0.3 is 14.9 Å². The van der Waals surface area contributed by atoms with E-state index >= 15 is 0 Å². The second-order valence-electron chi connectivity index (χ2n) is 3.85. The van der Waals surface area contributed by atoms with Crippen LogP contribution in [0.2, 0.25) is 0 Å². The second kappa shape index (κ2) is 6.40. The van der Waals surface area contributed by atoms with Gasteiger partial charge in [0, 0.05) is 26.2 Å². The molecular formula is C9H22N2O. The van der Waals surface area contributed by atoms with Gasteiger partial charge in [0.25, 0.3) is 0 Å². The van der Waals surface area contributed by atoms with Crippen molar-refractivity contribution in [1.82, 2.24) is 9.80 Å². The Morgan fingerprint density at radius 3 is 2.17 bits per heavy atom. The summed E-state index contributed by atoms with van der Waals surface area (Å²) in [6.07, 6.45) is 0. The van der Waals surface area contributed by atoms with Crippen molar-refractivity contribution < 1.29 is 5.11 Å². The van der Waals surface area contributed by atoms with Crippen molar-refractivity contribution in [3.63, 3.8) is 0 Å². The first-order valence-corrected chi connectivity index (χ1v) is 4.50. The molecule has 0 saturated carbocycles. The van der Waals surface area contributed by atoms with E-state index in [1.165, 1.54) is 0 Å². The average molecular weight is 174 g/mol. The largest absolute Gasteiger partial charge is 0.396 e. The molecule has 0 aliphatic heterocycles. The lowest BCUT2D eigenvalue weighted by Crippen LogP contribution is -2.32. The van der Waals surface area contributed by atoms with Crippen molar-refractivity contribution in [2.75, 3.05) is 47.4 Å². The van der Waals surface area contributed by atoms with Crippen LogP contribution in [-0.4, -0.2) is 62.3 Å². The van der Waals surface area contributed by atoms with Crippen LogP contribution in [0.4, 0.5) is 0 Å². The smallest absolute Gasteiger partial charge is 0.0468 e. The van der Waals surface area contributed by atoms with Gasteiger partial charge in [-0.1, -0.05) is 6.92 Å². The van der Waals surface area contributed by atoms with Crippen LogP contribution in [-0.2, 0) is 0 Å². The van der Waals surface area contributed by atoms with E-state index in [1.54, 1.807) is 0 Å². The Bertz CT molecular complexity index is 107. The third kappa shape index (κ3) is 6.58. The molecule has 1 unspecified atom stereocenters. The summed E-state index contributed by atoms with van der Waals surface area (Å²) in [5.41, 5.74) is 0. The van der Waals surface area contributed by atoms with Gasteiger partial charge in [-0.3, -0.25) is 0 Å². The highest BCUT2D eigenvalue weighted by Crippen LogP contribution is 1.95. The maximum Gasteiger partial charge on any atom is 0.0468 e. The molecule has 0 fully saturated rings. The molecule has 1 N–H and O–H groups in total. The molecule has 0 radical (unpaired) electrons. The Morgan fingerprint density at radius 1 is 1.17 bits per heavy atom. The molecule has 3 nitrogen and oxygen atoms in total. The van der Waals surface area contributed by atoms with Gasteiger partial charge in [0.05, 0.1) is 0 Å². The lowest BCUT2D eigenvalue weighted by Gasteiger charge is -2.21. The van der Waals surface area contributed by atoms with Crippen molar-refractivity contribution in [2.45, 2.75) is 6.92 Å². The van der Waals surface area contributed by atoms with E-state index in [9.17, 15) is 0 Å². The standard InChI is InChI=1S/C9H22N2O/c1-9(8-12)7-11(4)6-5-10(2)3/h9,12H,5-8H2,1-4H3. The number of likely N-dealkylation sites (N-methyl/N-ethyl adjacent to an activating group) is 2. The molecule has 0 heterocycles. The number of rotatable bonds is 6. The van der Waals surface area contributed by atoms with E-state index in [2.05, 4.69) is 37.9 Å². The first-order valence-electron chi connectivity index (χ1n) is 4.50. The van der Waals surface area contributed by atoms with Crippen LogP contribution in [0.25, 0.3) is 0 Å². The number of aliphatic hydroxyl groups excluding tert-OH is 1. The van der Waals surface area contributed by atoms with E-state index in [1.807, 2.05) is 0 Å². The summed E-state index contributed by atoms with van der Waals surface area (Å²) in [5.74, 6) is 0.386. The number of hydrogen-bond donors (Lipinski definition) is 1. The fourth-order valence-corrected chi connectivity index (χ4v) is 1.05. The highest BCUT2D eigenvalue weighted by Gasteiger charge is 2.04. The first kappa shape index (κ1) is 11.9. The van der Waals surface area contributed by atoms with Crippen molar-refractivity contribution in [3.05, 3.63) is 0 Å². The third-order valence-electron chi connectivity index (χ3n) is 1.86. The van der Waals surface area contributed by atoms with Crippen molar-refractivity contribution in [1.29, 1.82) is 0 Å². The molecule has 3 heteroatoms. The fraction of sp³-hybridized carbons (Fsp3) is 1.00. The minimum atomic E-state index is 0.284. The molecule has 0 aromatic rings. The van der Waals surface area contributed by atoms with E-state index in [0.29, 0.717) is 5.92 Å². The zero-order chi connectivity index (χ0) is 9.56. The monoisotopic (exact) mass is 174 g/mol. The van der Waals surface area contributed by atoms with Crippen molar-refractivity contribution >= 4 is 0 Å². The van der Waals surface area contributed by atoms with Crippen LogP contribution in [0.5, 0.6) is 0 Å². The van der Waals surface area contributed by atoms with Gasteiger partial charge in [0.1, 0.15) is 0 Å². The number of hydrogen-bond acceptors (Lipinski definition) is 3. The molecule has 0 spiro atoms. The lowest BCUT2D eigenvalue weighted by atomic mass is 10.2. The Morgan fingerprint density at radius 2 is 1.75 bits per heavy atom. The lowest BCUT2D eigenvalue weighted by molar-refractivity contribution is 0.184. The fourth-order valence-electron chi connectivity index (χ4n) is 1.05. The van der Waals surface area contributed by atoms with Crippen molar-refractivity contribution in [3.8, 4) is 0 Å². The molecule has 12 heavy (non-hydrogen) atoms. The van der Waals surface area contributed by atoms with Gasteiger partial charge in [-0.05, 0) is 27.1 Å². The molecule has 1 atom stereocenters. The van der Waals surface area contributed by atoms with Crippen LogP contribution < -0.4 is 0 Å². The highest BCUT2D eigenvalue weighted by molar-refractivity contribution is 4.58.